The van der Waals surface area contributed by atoms with Crippen molar-refractivity contribution in [2.45, 2.75) is 26.7 Å². The maximum absolute atomic E-state index is 10.8. The van der Waals surface area contributed by atoms with E-state index in [4.69, 9.17) is 4.74 Å². The van der Waals surface area contributed by atoms with E-state index in [9.17, 15) is 4.79 Å². The van der Waals surface area contributed by atoms with Crippen LogP contribution in [-0.4, -0.2) is 17.4 Å². The number of aromatic nitrogens is 1. The summed E-state index contributed by atoms with van der Waals surface area (Å²) in [5.41, 5.74) is 1.86. The van der Waals surface area contributed by atoms with E-state index >= 15 is 0 Å². The molecule has 1 heterocycles. The lowest BCUT2D eigenvalue weighted by atomic mass is 10.2. The molecule has 1 aromatic heterocycles. The molecular formula is C15H17NO2. The van der Waals surface area contributed by atoms with E-state index in [0.717, 1.165) is 28.8 Å². The van der Waals surface area contributed by atoms with Gasteiger partial charge in [0.25, 0.3) is 0 Å². The Morgan fingerprint density at radius 2 is 2.11 bits per heavy atom. The topological polar surface area (TPSA) is 39.2 Å². The van der Waals surface area contributed by atoms with Crippen LogP contribution in [0.3, 0.4) is 0 Å². The highest BCUT2D eigenvalue weighted by Gasteiger charge is 2.04. The van der Waals surface area contributed by atoms with Crippen LogP contribution in [0.4, 0.5) is 0 Å². The number of pyridine rings is 1. The number of ether oxygens (including phenoxy) is 1. The smallest absolute Gasteiger partial charge is 0.145 e. The van der Waals surface area contributed by atoms with Crippen LogP contribution in [0.25, 0.3) is 10.9 Å². The summed E-state index contributed by atoms with van der Waals surface area (Å²) < 4.78 is 5.71. The minimum atomic E-state index is 0.200. The average molecular weight is 243 g/mol. The summed E-state index contributed by atoms with van der Waals surface area (Å²) in [6, 6.07) is 9.92. The van der Waals surface area contributed by atoms with Gasteiger partial charge in [-0.15, -0.1) is 0 Å². The van der Waals surface area contributed by atoms with Crippen LogP contribution in [0, 0.1) is 6.92 Å². The molecule has 0 aliphatic carbocycles. The number of para-hydroxylation sites is 1. The maximum atomic E-state index is 10.8. The molecule has 1 aromatic carbocycles. The second-order valence-electron chi connectivity index (χ2n) is 4.43. The predicted molar refractivity (Wildman–Crippen MR) is 71.9 cm³/mol. The predicted octanol–water partition coefficient (Wildman–Crippen LogP) is 3.29. The van der Waals surface area contributed by atoms with Gasteiger partial charge in [0, 0.05) is 17.5 Å². The number of benzene rings is 1. The minimum Gasteiger partial charge on any atom is -0.491 e. The van der Waals surface area contributed by atoms with Gasteiger partial charge in [-0.25, -0.2) is 4.98 Å². The zero-order chi connectivity index (χ0) is 13.0. The lowest BCUT2D eigenvalue weighted by molar-refractivity contribution is -0.117. The van der Waals surface area contributed by atoms with Crippen molar-refractivity contribution < 1.29 is 9.53 Å². The highest BCUT2D eigenvalue weighted by molar-refractivity contribution is 5.84. The van der Waals surface area contributed by atoms with Gasteiger partial charge < -0.3 is 9.53 Å². The molecule has 94 valence electrons. The van der Waals surface area contributed by atoms with Crippen molar-refractivity contribution in [3.05, 3.63) is 36.0 Å². The minimum absolute atomic E-state index is 0.200. The van der Waals surface area contributed by atoms with Gasteiger partial charge in [0.1, 0.15) is 17.0 Å². The van der Waals surface area contributed by atoms with Crippen molar-refractivity contribution in [1.29, 1.82) is 0 Å². The number of fused-ring (bicyclic) bond motifs is 1. The molecule has 0 fully saturated rings. The van der Waals surface area contributed by atoms with Crippen molar-refractivity contribution in [2.24, 2.45) is 0 Å². The Kier molecular flexibility index (Phi) is 3.92. The average Bonchev–Trinajstić information content (AvgIpc) is 2.34. The zero-order valence-corrected chi connectivity index (χ0v) is 10.8. The van der Waals surface area contributed by atoms with E-state index in [1.807, 2.05) is 37.3 Å². The van der Waals surface area contributed by atoms with Crippen molar-refractivity contribution >= 4 is 16.7 Å². The number of ketones is 1. The molecule has 0 saturated carbocycles. The van der Waals surface area contributed by atoms with Crippen LogP contribution in [0.5, 0.6) is 5.75 Å². The molecule has 0 saturated heterocycles. The monoisotopic (exact) mass is 243 g/mol. The first-order chi connectivity index (χ1) is 8.66. The van der Waals surface area contributed by atoms with Gasteiger partial charge in [-0.3, -0.25) is 0 Å². The first kappa shape index (κ1) is 12.6. The van der Waals surface area contributed by atoms with Crippen molar-refractivity contribution in [2.75, 3.05) is 6.61 Å². The van der Waals surface area contributed by atoms with Gasteiger partial charge >= 0.3 is 0 Å². The molecule has 0 N–H and O–H groups in total. The molecule has 0 unspecified atom stereocenters. The highest BCUT2D eigenvalue weighted by atomic mass is 16.5. The lowest BCUT2D eigenvalue weighted by Gasteiger charge is -2.08. The van der Waals surface area contributed by atoms with Crippen LogP contribution >= 0.6 is 0 Å². The zero-order valence-electron chi connectivity index (χ0n) is 10.8. The van der Waals surface area contributed by atoms with Gasteiger partial charge in [0.2, 0.25) is 0 Å². The molecular weight excluding hydrogens is 226 g/mol. The van der Waals surface area contributed by atoms with Crippen molar-refractivity contribution in [3.8, 4) is 5.75 Å². The van der Waals surface area contributed by atoms with E-state index in [2.05, 4.69) is 4.98 Å². The van der Waals surface area contributed by atoms with Crippen LogP contribution < -0.4 is 4.74 Å². The van der Waals surface area contributed by atoms with E-state index in [0.29, 0.717) is 13.0 Å². The molecule has 2 rings (SSSR count). The van der Waals surface area contributed by atoms with Gasteiger partial charge in [-0.1, -0.05) is 18.2 Å². The Morgan fingerprint density at radius 1 is 1.28 bits per heavy atom. The molecule has 3 heteroatoms. The van der Waals surface area contributed by atoms with Gasteiger partial charge in [0.15, 0.2) is 0 Å². The number of nitrogens with zero attached hydrogens (tertiary/aromatic N) is 1. The van der Waals surface area contributed by atoms with Crippen molar-refractivity contribution in [3.63, 3.8) is 0 Å². The summed E-state index contributed by atoms with van der Waals surface area (Å²) in [4.78, 5) is 15.3. The lowest BCUT2D eigenvalue weighted by Crippen LogP contribution is -2.01. The van der Waals surface area contributed by atoms with Crippen molar-refractivity contribution in [1.82, 2.24) is 4.98 Å². The Hall–Kier alpha value is -1.90. The molecule has 0 bridgehead atoms. The molecule has 2 aromatic rings. The first-order valence-corrected chi connectivity index (χ1v) is 6.15. The molecule has 3 nitrogen and oxygen atoms in total. The second kappa shape index (κ2) is 5.63. The SMILES string of the molecule is CC(=O)CCCOc1cccc2ccc(C)nc12. The summed E-state index contributed by atoms with van der Waals surface area (Å²) in [6.07, 6.45) is 1.31. The molecule has 0 spiro atoms. The molecule has 0 atom stereocenters. The number of carbonyl (C=O) groups is 1. The summed E-state index contributed by atoms with van der Waals surface area (Å²) in [5, 5.41) is 1.07. The van der Waals surface area contributed by atoms with Gasteiger partial charge in [-0.2, -0.15) is 0 Å². The molecule has 0 aliphatic heterocycles. The maximum Gasteiger partial charge on any atom is 0.145 e. The second-order valence-corrected chi connectivity index (χ2v) is 4.43. The van der Waals surface area contributed by atoms with Crippen LogP contribution in [0.1, 0.15) is 25.5 Å². The molecule has 18 heavy (non-hydrogen) atoms. The quantitative estimate of drug-likeness (QED) is 0.756. The highest BCUT2D eigenvalue weighted by Crippen LogP contribution is 2.24. The van der Waals surface area contributed by atoms with Crippen LogP contribution in [-0.2, 0) is 4.79 Å². The molecule has 0 radical (unpaired) electrons. The van der Waals surface area contributed by atoms with Crippen LogP contribution in [0.15, 0.2) is 30.3 Å². The summed E-state index contributed by atoms with van der Waals surface area (Å²) >= 11 is 0. The van der Waals surface area contributed by atoms with E-state index in [1.165, 1.54) is 0 Å². The summed E-state index contributed by atoms with van der Waals surface area (Å²) in [5.74, 6) is 0.991. The third kappa shape index (κ3) is 3.06. The summed E-state index contributed by atoms with van der Waals surface area (Å²) in [6.45, 7) is 4.11. The fraction of sp³-hybridized carbons (Fsp3) is 0.333. The number of hydrogen-bond acceptors (Lipinski definition) is 3. The van der Waals surface area contributed by atoms with E-state index in [-0.39, 0.29) is 5.78 Å². The third-order valence-electron chi connectivity index (χ3n) is 2.75. The molecule has 0 amide bonds. The molecule has 0 aliphatic rings. The Bertz CT molecular complexity index is 563. The Balaban J connectivity index is 2.12. The normalized spacial score (nSPS) is 10.6. The number of Topliss-reactive ketones (excluding diaryl/α,β-unsaturated/α-hetero) is 1. The van der Waals surface area contributed by atoms with E-state index in [1.54, 1.807) is 6.92 Å². The number of hydrogen-bond donors (Lipinski definition) is 0. The number of rotatable bonds is 5. The number of carbonyl (C=O) groups excluding carboxylic acids is 1. The number of aryl methyl sites for hydroxylation is 1. The summed E-state index contributed by atoms with van der Waals surface area (Å²) in [7, 11) is 0. The van der Waals surface area contributed by atoms with Gasteiger partial charge in [0.05, 0.1) is 6.61 Å². The Morgan fingerprint density at radius 3 is 2.89 bits per heavy atom. The Labute approximate surface area is 107 Å². The largest absolute Gasteiger partial charge is 0.491 e. The third-order valence-corrected chi connectivity index (χ3v) is 2.75. The van der Waals surface area contributed by atoms with Gasteiger partial charge in [-0.05, 0) is 32.4 Å². The van der Waals surface area contributed by atoms with Crippen LogP contribution in [0.2, 0.25) is 0 Å². The fourth-order valence-electron chi connectivity index (χ4n) is 1.84. The van der Waals surface area contributed by atoms with E-state index < -0.39 is 0 Å². The standard InChI is InChI=1S/C15H17NO2/c1-11-8-9-13-6-3-7-14(15(13)16-11)18-10-4-5-12(2)17/h3,6-9H,4-5,10H2,1-2H3. The first-order valence-electron chi connectivity index (χ1n) is 6.15. The fourth-order valence-corrected chi connectivity index (χ4v) is 1.84.